The van der Waals surface area contributed by atoms with E-state index in [0.717, 1.165) is 24.6 Å². The minimum absolute atomic E-state index is 0.181. The van der Waals surface area contributed by atoms with Crippen LogP contribution in [0.2, 0.25) is 0 Å². The highest BCUT2D eigenvalue weighted by atomic mass is 32.1. The maximum absolute atomic E-state index is 11.7. The highest BCUT2D eigenvalue weighted by Gasteiger charge is 2.23. The van der Waals surface area contributed by atoms with Gasteiger partial charge in [0.1, 0.15) is 15.6 Å². The molecule has 2 heterocycles. The number of methoxy groups -OCH3 is 1. The van der Waals surface area contributed by atoms with E-state index >= 15 is 0 Å². The minimum Gasteiger partial charge on any atom is -0.492 e. The normalized spacial score (nSPS) is 19.1. The summed E-state index contributed by atoms with van der Waals surface area (Å²) in [5.74, 6) is 1.01. The molecule has 6 nitrogen and oxygen atoms in total. The molecule has 0 radical (unpaired) electrons. The Morgan fingerprint density at radius 3 is 2.90 bits per heavy atom. The molecule has 1 unspecified atom stereocenters. The fourth-order valence-electron chi connectivity index (χ4n) is 2.46. The van der Waals surface area contributed by atoms with Crippen molar-refractivity contribution < 1.29 is 9.53 Å². The van der Waals surface area contributed by atoms with Crippen molar-refractivity contribution in [3.8, 4) is 5.75 Å². The van der Waals surface area contributed by atoms with Crippen molar-refractivity contribution in [2.24, 2.45) is 5.92 Å². The number of hydrogen-bond acceptors (Lipinski definition) is 6. The molecule has 1 atom stereocenters. The Hall–Kier alpha value is -1.47. The first-order chi connectivity index (χ1) is 9.56. The van der Waals surface area contributed by atoms with Crippen molar-refractivity contribution in [2.75, 3.05) is 51.9 Å². The number of rotatable bonds is 5. The first-order valence-corrected chi connectivity index (χ1v) is 7.49. The molecule has 7 heteroatoms. The summed E-state index contributed by atoms with van der Waals surface area (Å²) in [4.78, 5) is 14.6. The van der Waals surface area contributed by atoms with Gasteiger partial charge in [-0.25, -0.2) is 0 Å². The van der Waals surface area contributed by atoms with Crippen molar-refractivity contribution in [3.63, 3.8) is 0 Å². The minimum atomic E-state index is -0.181. The van der Waals surface area contributed by atoms with Crippen molar-refractivity contribution in [1.29, 1.82) is 0 Å². The summed E-state index contributed by atoms with van der Waals surface area (Å²) in [6.45, 7) is 3.10. The summed E-state index contributed by atoms with van der Waals surface area (Å²) in [5, 5.41) is 6.80. The van der Waals surface area contributed by atoms with Crippen LogP contribution in [-0.4, -0.2) is 51.6 Å². The predicted molar refractivity (Wildman–Crippen MR) is 82.8 cm³/mol. The van der Waals surface area contributed by atoms with E-state index in [1.54, 1.807) is 14.2 Å². The number of likely N-dealkylation sites (tertiary alicyclic amines) is 1. The number of carbonyl (C=O) groups is 1. The molecule has 20 heavy (non-hydrogen) atoms. The third-order valence-corrected chi connectivity index (χ3v) is 4.72. The standard InChI is InChI=1S/C13H22N4O2S/c1-15-12(18)11-9(14)10(19-3)13(20-11)16-6-8-4-5-17(2)7-8/h8,16H,4-7,14H2,1-3H3,(H,15,18). The molecular weight excluding hydrogens is 276 g/mol. The zero-order chi connectivity index (χ0) is 14.7. The fraction of sp³-hybridized carbons (Fsp3) is 0.615. The van der Waals surface area contributed by atoms with Crippen LogP contribution < -0.4 is 21.1 Å². The third-order valence-electron chi connectivity index (χ3n) is 3.58. The Kier molecular flexibility index (Phi) is 4.72. The lowest BCUT2D eigenvalue weighted by Gasteiger charge is -2.12. The van der Waals surface area contributed by atoms with Gasteiger partial charge in [0.25, 0.3) is 5.91 Å². The van der Waals surface area contributed by atoms with E-state index in [0.29, 0.717) is 22.2 Å². The van der Waals surface area contributed by atoms with E-state index < -0.39 is 0 Å². The molecule has 1 amide bonds. The number of nitrogens with two attached hydrogens (primary N) is 1. The summed E-state index contributed by atoms with van der Waals surface area (Å²) in [6.07, 6.45) is 1.19. The van der Waals surface area contributed by atoms with Crippen LogP contribution in [0.15, 0.2) is 0 Å². The SMILES string of the molecule is CNC(=O)c1sc(NCC2CCN(C)C2)c(OC)c1N. The molecule has 0 saturated carbocycles. The van der Waals surface area contributed by atoms with Crippen LogP contribution in [-0.2, 0) is 0 Å². The van der Waals surface area contributed by atoms with Gasteiger partial charge in [-0.15, -0.1) is 11.3 Å². The topological polar surface area (TPSA) is 79.6 Å². The second kappa shape index (κ2) is 6.32. The Balaban J connectivity index is 2.08. The number of hydrogen-bond donors (Lipinski definition) is 3. The number of carbonyl (C=O) groups excluding carboxylic acids is 1. The van der Waals surface area contributed by atoms with Crippen LogP contribution in [0.25, 0.3) is 0 Å². The summed E-state index contributed by atoms with van der Waals surface area (Å²) < 4.78 is 5.32. The van der Waals surface area contributed by atoms with Gasteiger partial charge in [0.15, 0.2) is 5.75 Å². The molecule has 2 rings (SSSR count). The second-order valence-electron chi connectivity index (χ2n) is 5.08. The Labute approximate surface area is 123 Å². The van der Waals surface area contributed by atoms with Crippen molar-refractivity contribution in [2.45, 2.75) is 6.42 Å². The molecule has 0 aliphatic carbocycles. The molecule has 4 N–H and O–H groups in total. The van der Waals surface area contributed by atoms with Crippen molar-refractivity contribution in [1.82, 2.24) is 10.2 Å². The van der Waals surface area contributed by atoms with Crippen LogP contribution >= 0.6 is 11.3 Å². The molecular formula is C13H22N4O2S. The summed E-state index contributed by atoms with van der Waals surface area (Å²) in [5.41, 5.74) is 6.38. The highest BCUT2D eigenvalue weighted by Crippen LogP contribution is 2.42. The molecule has 0 bridgehead atoms. The van der Waals surface area contributed by atoms with Gasteiger partial charge in [-0.05, 0) is 25.9 Å². The van der Waals surface area contributed by atoms with Crippen LogP contribution in [0.1, 0.15) is 16.1 Å². The summed E-state index contributed by atoms with van der Waals surface area (Å²) in [6, 6.07) is 0. The molecule has 0 aromatic carbocycles. The van der Waals surface area contributed by atoms with E-state index in [1.165, 1.54) is 17.8 Å². The number of nitrogen functional groups attached to an aromatic ring is 1. The van der Waals surface area contributed by atoms with E-state index in [1.807, 2.05) is 0 Å². The van der Waals surface area contributed by atoms with E-state index in [9.17, 15) is 4.79 Å². The molecule has 1 aromatic rings. The van der Waals surface area contributed by atoms with Crippen LogP contribution in [0.4, 0.5) is 10.7 Å². The summed E-state index contributed by atoms with van der Waals surface area (Å²) >= 11 is 1.34. The average molecular weight is 298 g/mol. The lowest BCUT2D eigenvalue weighted by molar-refractivity contribution is 0.0967. The van der Waals surface area contributed by atoms with Gasteiger partial charge in [0.05, 0.1) is 7.11 Å². The number of ether oxygens (including phenoxy) is 1. The van der Waals surface area contributed by atoms with Crippen LogP contribution in [0.3, 0.4) is 0 Å². The zero-order valence-electron chi connectivity index (χ0n) is 12.2. The predicted octanol–water partition coefficient (Wildman–Crippen LogP) is 1.06. The van der Waals surface area contributed by atoms with Gasteiger partial charge in [0.2, 0.25) is 0 Å². The van der Waals surface area contributed by atoms with Gasteiger partial charge in [-0.3, -0.25) is 4.79 Å². The third kappa shape index (κ3) is 2.99. The first-order valence-electron chi connectivity index (χ1n) is 6.67. The average Bonchev–Trinajstić information content (AvgIpc) is 2.99. The number of amides is 1. The Morgan fingerprint density at radius 1 is 1.60 bits per heavy atom. The monoisotopic (exact) mass is 298 g/mol. The zero-order valence-corrected chi connectivity index (χ0v) is 13.0. The number of thiophene rings is 1. The van der Waals surface area contributed by atoms with E-state index in [4.69, 9.17) is 10.5 Å². The lowest BCUT2D eigenvalue weighted by atomic mass is 10.1. The van der Waals surface area contributed by atoms with Crippen molar-refractivity contribution in [3.05, 3.63) is 4.88 Å². The maximum atomic E-state index is 11.7. The lowest BCUT2D eigenvalue weighted by Crippen LogP contribution is -2.19. The quantitative estimate of drug-likeness (QED) is 0.757. The van der Waals surface area contributed by atoms with Gasteiger partial charge < -0.3 is 26.0 Å². The maximum Gasteiger partial charge on any atom is 0.263 e. The van der Waals surface area contributed by atoms with Crippen molar-refractivity contribution >= 4 is 27.9 Å². The largest absolute Gasteiger partial charge is 0.492 e. The fourth-order valence-corrected chi connectivity index (χ4v) is 3.50. The molecule has 1 aromatic heterocycles. The molecule has 1 saturated heterocycles. The Bertz CT molecular complexity index is 489. The smallest absolute Gasteiger partial charge is 0.263 e. The van der Waals surface area contributed by atoms with Gasteiger partial charge in [-0.1, -0.05) is 0 Å². The number of nitrogens with zero attached hydrogens (tertiary/aromatic N) is 1. The van der Waals surface area contributed by atoms with Gasteiger partial charge in [-0.2, -0.15) is 0 Å². The molecule has 1 fully saturated rings. The molecule has 112 valence electrons. The van der Waals surface area contributed by atoms with E-state index in [2.05, 4.69) is 22.6 Å². The number of nitrogens with one attached hydrogen (secondary N) is 2. The van der Waals surface area contributed by atoms with Crippen LogP contribution in [0.5, 0.6) is 5.75 Å². The first kappa shape index (κ1) is 14.9. The van der Waals surface area contributed by atoms with Crippen LogP contribution in [0, 0.1) is 5.92 Å². The Morgan fingerprint density at radius 2 is 2.35 bits per heavy atom. The molecule has 0 spiro atoms. The summed E-state index contributed by atoms with van der Waals surface area (Å²) in [7, 11) is 5.30. The number of anilines is 2. The van der Waals surface area contributed by atoms with Gasteiger partial charge >= 0.3 is 0 Å². The van der Waals surface area contributed by atoms with Gasteiger partial charge in [0, 0.05) is 20.1 Å². The highest BCUT2D eigenvalue weighted by molar-refractivity contribution is 7.19. The molecule has 1 aliphatic heterocycles. The second-order valence-corrected chi connectivity index (χ2v) is 6.10. The van der Waals surface area contributed by atoms with E-state index in [-0.39, 0.29) is 5.91 Å². The molecule has 1 aliphatic rings.